The zero-order valence-electron chi connectivity index (χ0n) is 18.5. The minimum Gasteiger partial charge on any atom is -0.476 e. The number of sulfonamides is 1. The summed E-state index contributed by atoms with van der Waals surface area (Å²) in [6.45, 7) is 5.07. The Bertz CT molecular complexity index is 882. The molecule has 11 nitrogen and oxygen atoms in total. The van der Waals surface area contributed by atoms with Crippen LogP contribution < -0.4 is 9.64 Å². The second kappa shape index (κ2) is 9.75. The van der Waals surface area contributed by atoms with E-state index in [1.165, 1.54) is 4.90 Å². The van der Waals surface area contributed by atoms with Crippen molar-refractivity contribution >= 4 is 21.9 Å². The summed E-state index contributed by atoms with van der Waals surface area (Å²) in [6, 6.07) is 0. The van der Waals surface area contributed by atoms with Gasteiger partial charge in [-0.2, -0.15) is 4.31 Å². The van der Waals surface area contributed by atoms with Crippen molar-refractivity contribution in [1.29, 1.82) is 0 Å². The average Bonchev–Trinajstić information content (AvgIpc) is 3.25. The summed E-state index contributed by atoms with van der Waals surface area (Å²) >= 11 is 0. The summed E-state index contributed by atoms with van der Waals surface area (Å²) in [7, 11) is -1.30. The Labute approximate surface area is 189 Å². The molecule has 0 aliphatic carbocycles. The number of ether oxygens (including phenoxy) is 1. The summed E-state index contributed by atoms with van der Waals surface area (Å²) in [6.07, 6.45) is 4.66. The number of likely N-dealkylation sites (tertiary alicyclic amines) is 2. The molecule has 0 spiro atoms. The third-order valence-corrected chi connectivity index (χ3v) is 8.97. The molecule has 3 saturated heterocycles. The van der Waals surface area contributed by atoms with Gasteiger partial charge in [0.05, 0.1) is 24.3 Å². The summed E-state index contributed by atoms with van der Waals surface area (Å²) in [4.78, 5) is 25.3. The van der Waals surface area contributed by atoms with Gasteiger partial charge in [-0.05, 0) is 38.8 Å². The van der Waals surface area contributed by atoms with E-state index >= 15 is 0 Å². The Balaban J connectivity index is 1.23. The number of nitrogens with zero attached hydrogens (tertiary/aromatic N) is 6. The van der Waals surface area contributed by atoms with Crippen molar-refractivity contribution in [1.82, 2.24) is 24.1 Å². The predicted octanol–water partition coefficient (Wildman–Crippen LogP) is 0.401. The molecule has 1 aromatic heterocycles. The first-order valence-electron chi connectivity index (χ1n) is 11.2. The highest BCUT2D eigenvalue weighted by atomic mass is 32.2. The molecule has 1 atom stereocenters. The molecule has 3 aliphatic heterocycles. The molecule has 4 heterocycles. The molecule has 1 amide bonds. The number of amides is 1. The van der Waals surface area contributed by atoms with Gasteiger partial charge in [0.15, 0.2) is 0 Å². The maximum atomic E-state index is 12.9. The number of hydrogen-bond donors (Lipinski definition) is 1. The number of piperazine rings is 1. The lowest BCUT2D eigenvalue weighted by atomic mass is 9.98. The van der Waals surface area contributed by atoms with E-state index in [9.17, 15) is 13.2 Å². The lowest BCUT2D eigenvalue weighted by Gasteiger charge is -2.35. The van der Waals surface area contributed by atoms with Gasteiger partial charge in [0.2, 0.25) is 15.9 Å². The van der Waals surface area contributed by atoms with Gasteiger partial charge in [-0.1, -0.05) is 0 Å². The molecule has 0 bridgehead atoms. The van der Waals surface area contributed by atoms with Gasteiger partial charge in [-0.3, -0.25) is 0 Å². The summed E-state index contributed by atoms with van der Waals surface area (Å²) < 4.78 is 33.1. The third-order valence-electron chi connectivity index (χ3n) is 6.66. The third kappa shape index (κ3) is 5.24. The van der Waals surface area contributed by atoms with E-state index in [-0.39, 0.29) is 5.25 Å². The predicted molar refractivity (Wildman–Crippen MR) is 118 cm³/mol. The van der Waals surface area contributed by atoms with Gasteiger partial charge in [0.1, 0.15) is 5.82 Å². The SMILES string of the molecule is CN1CC[C@@H](S(=O)(=O)N2CCN(c3cnc(OCC4CCN(C(=O)O)CC4)cn3)CC2)C1. The largest absolute Gasteiger partial charge is 0.476 e. The van der Waals surface area contributed by atoms with Gasteiger partial charge in [-0.25, -0.2) is 23.2 Å². The van der Waals surface area contributed by atoms with E-state index in [0.717, 1.165) is 19.4 Å². The molecule has 0 radical (unpaired) electrons. The van der Waals surface area contributed by atoms with Gasteiger partial charge in [-0.15, -0.1) is 0 Å². The van der Waals surface area contributed by atoms with Crippen LogP contribution in [0.5, 0.6) is 5.88 Å². The zero-order chi connectivity index (χ0) is 22.7. The Morgan fingerprint density at radius 3 is 2.34 bits per heavy atom. The van der Waals surface area contributed by atoms with Crippen LogP contribution in [0, 0.1) is 5.92 Å². The molecule has 0 unspecified atom stereocenters. The van der Waals surface area contributed by atoms with Crippen molar-refractivity contribution < 1.29 is 23.1 Å². The lowest BCUT2D eigenvalue weighted by Crippen LogP contribution is -2.51. The Hall–Kier alpha value is -2.18. The molecule has 178 valence electrons. The van der Waals surface area contributed by atoms with Crippen LogP contribution in [0.15, 0.2) is 12.4 Å². The normalized spacial score (nSPS) is 24.1. The summed E-state index contributed by atoms with van der Waals surface area (Å²) in [5.41, 5.74) is 0. The van der Waals surface area contributed by atoms with Crippen LogP contribution in [0.2, 0.25) is 0 Å². The van der Waals surface area contributed by atoms with E-state index in [1.807, 2.05) is 11.9 Å². The maximum Gasteiger partial charge on any atom is 0.407 e. The van der Waals surface area contributed by atoms with Gasteiger partial charge in [0, 0.05) is 45.8 Å². The lowest BCUT2D eigenvalue weighted by molar-refractivity contribution is 0.111. The van der Waals surface area contributed by atoms with Crippen molar-refractivity contribution in [3.63, 3.8) is 0 Å². The molecule has 3 aliphatic rings. The minimum atomic E-state index is -3.26. The molecular weight excluding hydrogens is 436 g/mol. The van der Waals surface area contributed by atoms with Crippen LogP contribution in [-0.2, 0) is 10.0 Å². The number of hydrogen-bond acceptors (Lipinski definition) is 8. The van der Waals surface area contributed by atoms with Crippen molar-refractivity contribution in [3.05, 3.63) is 12.4 Å². The number of carbonyl (C=O) groups is 1. The quantitative estimate of drug-likeness (QED) is 0.633. The van der Waals surface area contributed by atoms with Crippen LogP contribution in [0.25, 0.3) is 0 Å². The Morgan fingerprint density at radius 1 is 1.06 bits per heavy atom. The molecule has 0 saturated carbocycles. The highest BCUT2D eigenvalue weighted by Crippen LogP contribution is 2.23. The van der Waals surface area contributed by atoms with E-state index in [1.54, 1.807) is 16.7 Å². The van der Waals surface area contributed by atoms with Crippen LogP contribution >= 0.6 is 0 Å². The van der Waals surface area contributed by atoms with Gasteiger partial charge < -0.3 is 24.5 Å². The minimum absolute atomic E-state index is 0.299. The second-order valence-corrected chi connectivity index (χ2v) is 11.1. The highest BCUT2D eigenvalue weighted by Gasteiger charge is 2.37. The van der Waals surface area contributed by atoms with E-state index in [4.69, 9.17) is 9.84 Å². The van der Waals surface area contributed by atoms with Crippen LogP contribution in [0.3, 0.4) is 0 Å². The number of anilines is 1. The first-order chi connectivity index (χ1) is 15.3. The van der Waals surface area contributed by atoms with E-state index < -0.39 is 16.1 Å². The Kier molecular flexibility index (Phi) is 7.01. The fraction of sp³-hybridized carbons (Fsp3) is 0.750. The molecule has 1 aromatic rings. The summed E-state index contributed by atoms with van der Waals surface area (Å²) in [5.74, 6) is 1.47. The standard InChI is InChI=1S/C20H32N6O5S/c1-23-5-4-17(14-23)32(29,30)26-10-8-24(9-11-26)18-12-22-19(13-21-18)31-15-16-2-6-25(7-3-16)20(27)28/h12-13,16-17H,2-11,14-15H2,1H3,(H,27,28)/t17-/m1/s1. The van der Waals surface area contributed by atoms with E-state index in [0.29, 0.717) is 76.5 Å². The molecule has 0 aromatic carbocycles. The van der Waals surface area contributed by atoms with Gasteiger partial charge in [0.25, 0.3) is 0 Å². The number of carboxylic acid groups (broad SMARTS) is 1. The molecule has 4 rings (SSSR count). The smallest absolute Gasteiger partial charge is 0.407 e. The Morgan fingerprint density at radius 2 is 1.78 bits per heavy atom. The van der Waals surface area contributed by atoms with Crippen molar-refractivity contribution in [3.8, 4) is 5.88 Å². The number of piperidine rings is 1. The van der Waals surface area contributed by atoms with Crippen molar-refractivity contribution in [2.75, 3.05) is 70.9 Å². The molecule has 12 heteroatoms. The topological polar surface area (TPSA) is 119 Å². The second-order valence-electron chi connectivity index (χ2n) is 8.84. The average molecular weight is 469 g/mol. The number of aromatic nitrogens is 2. The van der Waals surface area contributed by atoms with Crippen molar-refractivity contribution in [2.24, 2.45) is 5.92 Å². The van der Waals surface area contributed by atoms with Crippen molar-refractivity contribution in [2.45, 2.75) is 24.5 Å². The van der Waals surface area contributed by atoms with Crippen LogP contribution in [0.1, 0.15) is 19.3 Å². The van der Waals surface area contributed by atoms with Crippen LogP contribution in [-0.4, -0.2) is 115 Å². The molecular formula is C20H32N6O5S. The molecule has 1 N–H and O–H groups in total. The molecule has 3 fully saturated rings. The first kappa shape index (κ1) is 23.0. The fourth-order valence-electron chi connectivity index (χ4n) is 4.56. The molecule has 32 heavy (non-hydrogen) atoms. The maximum absolute atomic E-state index is 12.9. The number of rotatable bonds is 6. The first-order valence-corrected chi connectivity index (χ1v) is 12.7. The van der Waals surface area contributed by atoms with E-state index in [2.05, 4.69) is 14.9 Å². The fourth-order valence-corrected chi connectivity index (χ4v) is 6.50. The van der Waals surface area contributed by atoms with Gasteiger partial charge >= 0.3 is 6.09 Å². The zero-order valence-corrected chi connectivity index (χ0v) is 19.3. The van der Waals surface area contributed by atoms with Crippen LogP contribution in [0.4, 0.5) is 10.6 Å². The summed E-state index contributed by atoms with van der Waals surface area (Å²) in [5, 5.41) is 8.72. The monoisotopic (exact) mass is 468 g/mol. The highest BCUT2D eigenvalue weighted by molar-refractivity contribution is 7.89.